The van der Waals surface area contributed by atoms with Gasteiger partial charge in [0.1, 0.15) is 11.5 Å². The quantitative estimate of drug-likeness (QED) is 0.283. The van der Waals surface area contributed by atoms with E-state index in [-0.39, 0.29) is 24.0 Å². The molecule has 176 valence electrons. The largest absolute Gasteiger partial charge is 0.497 e. The summed E-state index contributed by atoms with van der Waals surface area (Å²) in [5, 5.41) is 7.09. The Morgan fingerprint density at radius 1 is 1.03 bits per heavy atom. The summed E-state index contributed by atoms with van der Waals surface area (Å²) in [5.41, 5.74) is 1.22. The molecule has 0 saturated carbocycles. The molecule has 2 fully saturated rings. The number of likely N-dealkylation sites (tertiary alicyclic amines) is 2. The molecule has 2 heterocycles. The molecule has 2 N–H and O–H groups in total. The fourth-order valence-corrected chi connectivity index (χ4v) is 4.39. The molecular weight excluding hydrogens is 505 g/mol. The lowest BCUT2D eigenvalue weighted by Crippen LogP contribution is -2.44. The fraction of sp³-hybridized carbons (Fsp3) is 0.696. The minimum absolute atomic E-state index is 0. The van der Waals surface area contributed by atoms with Gasteiger partial charge in [-0.1, -0.05) is 6.92 Å². The Balaban J connectivity index is 0.00000341. The summed E-state index contributed by atoms with van der Waals surface area (Å²) in [6, 6.07) is 6.53. The normalized spacial score (nSPS) is 22.3. The zero-order valence-corrected chi connectivity index (χ0v) is 21.9. The highest BCUT2D eigenvalue weighted by Gasteiger charge is 2.24. The molecule has 2 aliphatic rings. The van der Waals surface area contributed by atoms with Crippen LogP contribution in [0.2, 0.25) is 0 Å². The highest BCUT2D eigenvalue weighted by Crippen LogP contribution is 2.24. The molecule has 0 aromatic heterocycles. The minimum Gasteiger partial charge on any atom is -0.497 e. The predicted octanol–water partition coefficient (Wildman–Crippen LogP) is 2.79. The van der Waals surface area contributed by atoms with E-state index in [0.29, 0.717) is 12.0 Å². The molecular formula is C23H40IN5O2. The van der Waals surface area contributed by atoms with E-state index >= 15 is 0 Å². The summed E-state index contributed by atoms with van der Waals surface area (Å²) in [6.45, 7) is 12.7. The SMILES string of the molecule is CCNC(=NCC1CCN(CC)C1)NC1CCN(Cc2cc(OC)cc(OC)c2)C1.I. The second-order valence-corrected chi connectivity index (χ2v) is 8.35. The highest BCUT2D eigenvalue weighted by atomic mass is 127. The van der Waals surface area contributed by atoms with Crippen molar-refractivity contribution in [3.63, 3.8) is 0 Å². The number of halogens is 1. The summed E-state index contributed by atoms with van der Waals surface area (Å²) < 4.78 is 10.8. The van der Waals surface area contributed by atoms with E-state index in [1.807, 2.05) is 6.07 Å². The lowest BCUT2D eigenvalue weighted by atomic mass is 10.1. The van der Waals surface area contributed by atoms with Crippen molar-refractivity contribution in [2.24, 2.45) is 10.9 Å². The average molecular weight is 546 g/mol. The number of aliphatic imine (C=N–C) groups is 1. The first-order valence-corrected chi connectivity index (χ1v) is 11.3. The van der Waals surface area contributed by atoms with Gasteiger partial charge in [-0.3, -0.25) is 9.89 Å². The maximum absolute atomic E-state index is 5.41. The maximum atomic E-state index is 5.41. The Kier molecular flexibility index (Phi) is 11.2. The van der Waals surface area contributed by atoms with Gasteiger partial charge in [-0.05, 0) is 56.5 Å². The summed E-state index contributed by atoms with van der Waals surface area (Å²) in [7, 11) is 3.39. The van der Waals surface area contributed by atoms with Crippen LogP contribution in [0.5, 0.6) is 11.5 Å². The van der Waals surface area contributed by atoms with Crippen LogP contribution >= 0.6 is 24.0 Å². The third-order valence-corrected chi connectivity index (χ3v) is 6.10. The minimum atomic E-state index is 0. The van der Waals surface area contributed by atoms with Crippen LogP contribution < -0.4 is 20.1 Å². The third kappa shape index (κ3) is 7.98. The van der Waals surface area contributed by atoms with Gasteiger partial charge >= 0.3 is 0 Å². The molecule has 0 amide bonds. The Labute approximate surface area is 205 Å². The number of nitrogens with zero attached hydrogens (tertiary/aromatic N) is 3. The number of hydrogen-bond acceptors (Lipinski definition) is 5. The predicted molar refractivity (Wildman–Crippen MR) is 138 cm³/mol. The number of rotatable bonds is 9. The number of benzene rings is 1. The van der Waals surface area contributed by atoms with Crippen LogP contribution in [0.25, 0.3) is 0 Å². The molecule has 0 radical (unpaired) electrons. The lowest BCUT2D eigenvalue weighted by Gasteiger charge is -2.20. The van der Waals surface area contributed by atoms with Crippen LogP contribution in [0.4, 0.5) is 0 Å². The Morgan fingerprint density at radius 2 is 1.74 bits per heavy atom. The Hall–Kier alpha value is -1.26. The lowest BCUT2D eigenvalue weighted by molar-refractivity contribution is 0.321. The summed E-state index contributed by atoms with van der Waals surface area (Å²) >= 11 is 0. The Morgan fingerprint density at radius 3 is 2.35 bits per heavy atom. The third-order valence-electron chi connectivity index (χ3n) is 6.10. The van der Waals surface area contributed by atoms with E-state index in [1.54, 1.807) is 14.2 Å². The van der Waals surface area contributed by atoms with Crippen LogP contribution in [0.1, 0.15) is 32.3 Å². The number of methoxy groups -OCH3 is 2. The van der Waals surface area contributed by atoms with Gasteiger partial charge in [0.25, 0.3) is 0 Å². The van der Waals surface area contributed by atoms with Gasteiger partial charge in [0.15, 0.2) is 5.96 Å². The molecule has 1 aromatic carbocycles. The smallest absolute Gasteiger partial charge is 0.191 e. The summed E-state index contributed by atoms with van der Waals surface area (Å²) in [5.74, 6) is 3.33. The van der Waals surface area contributed by atoms with E-state index in [1.165, 1.54) is 25.1 Å². The zero-order valence-electron chi connectivity index (χ0n) is 19.5. The van der Waals surface area contributed by atoms with Gasteiger partial charge in [-0.15, -0.1) is 24.0 Å². The fourth-order valence-electron chi connectivity index (χ4n) is 4.39. The van der Waals surface area contributed by atoms with Gasteiger partial charge < -0.3 is 25.0 Å². The van der Waals surface area contributed by atoms with Crippen molar-refractivity contribution in [3.8, 4) is 11.5 Å². The first kappa shape index (κ1) is 26.0. The van der Waals surface area contributed by atoms with Crippen molar-refractivity contribution >= 4 is 29.9 Å². The van der Waals surface area contributed by atoms with Gasteiger partial charge in [0, 0.05) is 51.4 Å². The molecule has 2 atom stereocenters. The van der Waals surface area contributed by atoms with Crippen LogP contribution in [0.15, 0.2) is 23.2 Å². The van der Waals surface area contributed by atoms with Crippen LogP contribution in [0, 0.1) is 5.92 Å². The maximum Gasteiger partial charge on any atom is 0.191 e. The van der Waals surface area contributed by atoms with E-state index in [2.05, 4.69) is 46.4 Å². The molecule has 3 rings (SSSR count). The van der Waals surface area contributed by atoms with E-state index in [4.69, 9.17) is 14.5 Å². The molecule has 7 nitrogen and oxygen atoms in total. The Bertz CT molecular complexity index is 680. The highest BCUT2D eigenvalue weighted by molar-refractivity contribution is 14.0. The van der Waals surface area contributed by atoms with Crippen LogP contribution in [-0.4, -0.2) is 81.8 Å². The average Bonchev–Trinajstić information content (AvgIpc) is 3.41. The zero-order chi connectivity index (χ0) is 21.3. The van der Waals surface area contributed by atoms with Crippen molar-refractivity contribution < 1.29 is 9.47 Å². The number of hydrogen-bond donors (Lipinski definition) is 2. The number of nitrogens with one attached hydrogen (secondary N) is 2. The first-order valence-electron chi connectivity index (χ1n) is 11.3. The van der Waals surface area contributed by atoms with Gasteiger partial charge in [0.05, 0.1) is 14.2 Å². The van der Waals surface area contributed by atoms with Crippen molar-refractivity contribution in [3.05, 3.63) is 23.8 Å². The second kappa shape index (κ2) is 13.3. The van der Waals surface area contributed by atoms with E-state index in [0.717, 1.165) is 63.1 Å². The standard InChI is InChI=1S/C23H39N5O2.HI/c1-5-24-23(25-14-18-7-9-27(6-2)15-18)26-20-8-10-28(17-20)16-19-11-21(29-3)13-22(12-19)30-4;/h11-13,18,20H,5-10,14-17H2,1-4H3,(H2,24,25,26);1H. The van der Waals surface area contributed by atoms with E-state index in [9.17, 15) is 0 Å². The molecule has 31 heavy (non-hydrogen) atoms. The van der Waals surface area contributed by atoms with Gasteiger partial charge in [0.2, 0.25) is 0 Å². The van der Waals surface area contributed by atoms with Crippen molar-refractivity contribution in [1.82, 2.24) is 20.4 Å². The van der Waals surface area contributed by atoms with Crippen molar-refractivity contribution in [2.75, 3.05) is 60.0 Å². The van der Waals surface area contributed by atoms with Crippen LogP contribution in [0.3, 0.4) is 0 Å². The summed E-state index contributed by atoms with van der Waals surface area (Å²) in [6.07, 6.45) is 2.39. The molecule has 2 saturated heterocycles. The molecule has 2 aliphatic heterocycles. The topological polar surface area (TPSA) is 61.4 Å². The van der Waals surface area contributed by atoms with Crippen molar-refractivity contribution in [2.45, 2.75) is 39.3 Å². The molecule has 2 unspecified atom stereocenters. The molecule has 8 heteroatoms. The first-order chi connectivity index (χ1) is 14.6. The van der Waals surface area contributed by atoms with Gasteiger partial charge in [-0.2, -0.15) is 0 Å². The summed E-state index contributed by atoms with van der Waals surface area (Å²) in [4.78, 5) is 9.89. The molecule has 0 spiro atoms. The molecule has 0 aliphatic carbocycles. The van der Waals surface area contributed by atoms with Gasteiger partial charge in [-0.25, -0.2) is 0 Å². The second-order valence-electron chi connectivity index (χ2n) is 8.35. The molecule has 0 bridgehead atoms. The molecule has 1 aromatic rings. The van der Waals surface area contributed by atoms with Crippen LogP contribution in [-0.2, 0) is 6.54 Å². The number of guanidine groups is 1. The van der Waals surface area contributed by atoms with E-state index < -0.39 is 0 Å². The van der Waals surface area contributed by atoms with Crippen molar-refractivity contribution in [1.29, 1.82) is 0 Å². The number of ether oxygens (including phenoxy) is 2. The monoisotopic (exact) mass is 545 g/mol.